The molecule has 0 aliphatic heterocycles. The van der Waals surface area contributed by atoms with Crippen LogP contribution < -0.4 is 0 Å². The number of fused-ring (bicyclic) bond motifs is 1. The molecule has 0 amide bonds. The summed E-state index contributed by atoms with van der Waals surface area (Å²) in [5.74, 6) is 0.583. The summed E-state index contributed by atoms with van der Waals surface area (Å²) in [5.41, 5.74) is 5.49. The van der Waals surface area contributed by atoms with Gasteiger partial charge in [0, 0.05) is 10.4 Å². The Morgan fingerprint density at radius 3 is 2.63 bits per heavy atom. The van der Waals surface area contributed by atoms with Crippen LogP contribution in [0.2, 0.25) is 0 Å². The predicted molar refractivity (Wildman–Crippen MR) is 86.3 cm³/mol. The van der Waals surface area contributed by atoms with E-state index in [-0.39, 0.29) is 0 Å². The third kappa shape index (κ3) is 2.40. The smallest absolute Gasteiger partial charge is 0.0184 e. The van der Waals surface area contributed by atoms with Crippen LogP contribution in [0.3, 0.4) is 0 Å². The van der Waals surface area contributed by atoms with Gasteiger partial charge in [0.1, 0.15) is 0 Å². The van der Waals surface area contributed by atoms with E-state index in [1.807, 2.05) is 0 Å². The van der Waals surface area contributed by atoms with Crippen molar-refractivity contribution in [3.8, 4) is 11.1 Å². The lowest BCUT2D eigenvalue weighted by molar-refractivity contribution is 0.725. The molecule has 0 spiro atoms. The molecular formula is C18H17Br. The summed E-state index contributed by atoms with van der Waals surface area (Å²) in [6.45, 7) is 2.25. The standard InChI is InChI=1S/C18H17Br/c1-2-6-13-9-10-16-17(13)11-15(19)12-18(16)14-7-4-3-5-8-14/h3-5,7-13H,2,6H2,1H3. The highest BCUT2D eigenvalue weighted by Gasteiger charge is 2.20. The summed E-state index contributed by atoms with van der Waals surface area (Å²) in [7, 11) is 0. The third-order valence-electron chi connectivity index (χ3n) is 3.76. The summed E-state index contributed by atoms with van der Waals surface area (Å²) < 4.78 is 1.18. The zero-order valence-electron chi connectivity index (χ0n) is 11.1. The first-order chi connectivity index (χ1) is 9.29. The molecule has 2 aromatic rings. The van der Waals surface area contributed by atoms with E-state index >= 15 is 0 Å². The van der Waals surface area contributed by atoms with Gasteiger partial charge < -0.3 is 0 Å². The zero-order chi connectivity index (χ0) is 13.2. The van der Waals surface area contributed by atoms with E-state index in [2.05, 4.69) is 77.5 Å². The van der Waals surface area contributed by atoms with Crippen LogP contribution in [-0.4, -0.2) is 0 Å². The van der Waals surface area contributed by atoms with Crippen LogP contribution in [0.5, 0.6) is 0 Å². The molecule has 2 aromatic carbocycles. The molecule has 0 aromatic heterocycles. The van der Waals surface area contributed by atoms with E-state index in [9.17, 15) is 0 Å². The lowest BCUT2D eigenvalue weighted by Gasteiger charge is -2.14. The van der Waals surface area contributed by atoms with E-state index < -0.39 is 0 Å². The molecule has 1 aliphatic rings. The highest BCUT2D eigenvalue weighted by Crippen LogP contribution is 2.40. The molecule has 0 heterocycles. The minimum absolute atomic E-state index is 0.583. The molecule has 0 nitrogen and oxygen atoms in total. The zero-order valence-corrected chi connectivity index (χ0v) is 12.7. The topological polar surface area (TPSA) is 0 Å². The average molecular weight is 313 g/mol. The molecule has 0 N–H and O–H groups in total. The van der Waals surface area contributed by atoms with Gasteiger partial charge in [0.25, 0.3) is 0 Å². The highest BCUT2D eigenvalue weighted by molar-refractivity contribution is 9.10. The highest BCUT2D eigenvalue weighted by atomic mass is 79.9. The molecule has 0 bridgehead atoms. The first kappa shape index (κ1) is 12.7. The third-order valence-corrected chi connectivity index (χ3v) is 4.21. The van der Waals surface area contributed by atoms with Gasteiger partial charge in [-0.15, -0.1) is 0 Å². The second kappa shape index (κ2) is 5.34. The lowest BCUT2D eigenvalue weighted by atomic mass is 9.92. The molecule has 3 rings (SSSR count). The summed E-state index contributed by atoms with van der Waals surface area (Å²) in [6.07, 6.45) is 7.10. The van der Waals surface area contributed by atoms with Crippen molar-refractivity contribution in [2.24, 2.45) is 0 Å². The number of halogens is 1. The normalized spacial score (nSPS) is 16.6. The predicted octanol–water partition coefficient (Wildman–Crippen LogP) is 6.03. The van der Waals surface area contributed by atoms with Crippen molar-refractivity contribution in [1.29, 1.82) is 0 Å². The summed E-state index contributed by atoms with van der Waals surface area (Å²) >= 11 is 3.66. The summed E-state index contributed by atoms with van der Waals surface area (Å²) in [6, 6.07) is 15.1. The van der Waals surface area contributed by atoms with Gasteiger partial charge in [-0.3, -0.25) is 0 Å². The van der Waals surface area contributed by atoms with E-state index in [1.54, 1.807) is 0 Å². The SMILES string of the molecule is CCCC1C=Cc2c(-c3ccccc3)cc(Br)cc21. The fourth-order valence-corrected chi connectivity index (χ4v) is 3.34. The second-order valence-electron chi connectivity index (χ2n) is 5.08. The van der Waals surface area contributed by atoms with Crippen LogP contribution in [0.15, 0.2) is 53.0 Å². The van der Waals surface area contributed by atoms with Crippen molar-refractivity contribution in [3.63, 3.8) is 0 Å². The Kier molecular flexibility index (Phi) is 3.56. The van der Waals surface area contributed by atoms with E-state index in [1.165, 1.54) is 39.6 Å². The van der Waals surface area contributed by atoms with E-state index in [0.29, 0.717) is 5.92 Å². The second-order valence-corrected chi connectivity index (χ2v) is 5.99. The number of hydrogen-bond donors (Lipinski definition) is 0. The first-order valence-corrected chi connectivity index (χ1v) is 7.66. The average Bonchev–Trinajstić information content (AvgIpc) is 2.83. The molecule has 1 unspecified atom stereocenters. The van der Waals surface area contributed by atoms with Crippen LogP contribution in [-0.2, 0) is 0 Å². The number of rotatable bonds is 3. The maximum Gasteiger partial charge on any atom is 0.0184 e. The van der Waals surface area contributed by atoms with Crippen molar-refractivity contribution in [3.05, 3.63) is 64.1 Å². The Bertz CT molecular complexity index is 611. The van der Waals surface area contributed by atoms with Crippen molar-refractivity contribution < 1.29 is 0 Å². The monoisotopic (exact) mass is 312 g/mol. The molecule has 96 valence electrons. The van der Waals surface area contributed by atoms with Gasteiger partial charge in [-0.05, 0) is 40.8 Å². The molecule has 0 radical (unpaired) electrons. The fourth-order valence-electron chi connectivity index (χ4n) is 2.87. The Balaban J connectivity index is 2.13. The van der Waals surface area contributed by atoms with Crippen LogP contribution in [0.4, 0.5) is 0 Å². The van der Waals surface area contributed by atoms with Crippen molar-refractivity contribution in [1.82, 2.24) is 0 Å². The molecule has 1 aliphatic carbocycles. The summed E-state index contributed by atoms with van der Waals surface area (Å²) in [4.78, 5) is 0. The largest absolute Gasteiger partial charge is 0.0764 e. The Morgan fingerprint density at radius 2 is 1.89 bits per heavy atom. The Hall–Kier alpha value is -1.34. The van der Waals surface area contributed by atoms with Crippen molar-refractivity contribution in [2.45, 2.75) is 25.7 Å². The van der Waals surface area contributed by atoms with Crippen LogP contribution in [0, 0.1) is 0 Å². The summed E-state index contributed by atoms with van der Waals surface area (Å²) in [5, 5.41) is 0. The van der Waals surface area contributed by atoms with Gasteiger partial charge in [0.05, 0.1) is 0 Å². The molecule has 19 heavy (non-hydrogen) atoms. The molecule has 0 fully saturated rings. The molecular weight excluding hydrogens is 296 g/mol. The van der Waals surface area contributed by atoms with Crippen molar-refractivity contribution >= 4 is 22.0 Å². The molecule has 0 saturated carbocycles. The Morgan fingerprint density at radius 1 is 1.11 bits per heavy atom. The van der Waals surface area contributed by atoms with Gasteiger partial charge in [-0.25, -0.2) is 0 Å². The first-order valence-electron chi connectivity index (χ1n) is 6.86. The molecule has 0 saturated heterocycles. The van der Waals surface area contributed by atoms with E-state index in [0.717, 1.165) is 0 Å². The molecule has 1 heteroatoms. The Labute approximate surface area is 123 Å². The fraction of sp³-hybridized carbons (Fsp3) is 0.222. The van der Waals surface area contributed by atoms with Crippen LogP contribution in [0.1, 0.15) is 36.8 Å². The quantitative estimate of drug-likeness (QED) is 0.649. The van der Waals surface area contributed by atoms with Gasteiger partial charge in [-0.2, -0.15) is 0 Å². The van der Waals surface area contributed by atoms with Gasteiger partial charge in [0.15, 0.2) is 0 Å². The van der Waals surface area contributed by atoms with Gasteiger partial charge >= 0.3 is 0 Å². The molecule has 1 atom stereocenters. The minimum Gasteiger partial charge on any atom is -0.0764 e. The maximum absolute atomic E-state index is 3.66. The van der Waals surface area contributed by atoms with E-state index in [4.69, 9.17) is 0 Å². The lowest BCUT2D eigenvalue weighted by Crippen LogP contribution is -1.94. The number of benzene rings is 2. The van der Waals surface area contributed by atoms with Gasteiger partial charge in [0.2, 0.25) is 0 Å². The van der Waals surface area contributed by atoms with Crippen LogP contribution in [0.25, 0.3) is 17.2 Å². The van der Waals surface area contributed by atoms with Gasteiger partial charge in [-0.1, -0.05) is 71.8 Å². The minimum atomic E-state index is 0.583. The van der Waals surface area contributed by atoms with Crippen LogP contribution >= 0.6 is 15.9 Å². The maximum atomic E-state index is 3.66. The van der Waals surface area contributed by atoms with Crippen molar-refractivity contribution in [2.75, 3.05) is 0 Å². The number of hydrogen-bond acceptors (Lipinski definition) is 0. The number of allylic oxidation sites excluding steroid dienone is 1.